The Kier molecular flexibility index (Phi) is 5.02. The van der Waals surface area contributed by atoms with Crippen LogP contribution in [0.1, 0.15) is 29.5 Å². The second kappa shape index (κ2) is 7.25. The Morgan fingerprint density at radius 2 is 1.85 bits per heavy atom. The van der Waals surface area contributed by atoms with E-state index in [1.807, 2.05) is 6.92 Å². The quantitative estimate of drug-likeness (QED) is 0.704. The minimum atomic E-state index is -3.85. The van der Waals surface area contributed by atoms with Gasteiger partial charge in [-0.2, -0.15) is 5.26 Å². The number of hydrogen-bond acceptors (Lipinski definition) is 4. The first-order valence-electron chi connectivity index (χ1n) is 8.41. The van der Waals surface area contributed by atoms with Gasteiger partial charge in [-0.05, 0) is 49.6 Å². The lowest BCUT2D eigenvalue weighted by Crippen LogP contribution is -2.12. The van der Waals surface area contributed by atoms with Gasteiger partial charge in [-0.1, -0.05) is 23.8 Å². The van der Waals surface area contributed by atoms with Crippen molar-refractivity contribution < 1.29 is 18.3 Å². The molecule has 0 radical (unpaired) electrons. The third kappa shape index (κ3) is 3.57. The lowest BCUT2D eigenvalue weighted by Gasteiger charge is -2.10. The maximum Gasteiger partial charge on any atom is 0.303 e. The third-order valence-corrected chi connectivity index (χ3v) is 6.13. The number of carbonyl (C=O) groups is 1. The van der Waals surface area contributed by atoms with Crippen LogP contribution in [-0.2, 0) is 21.2 Å². The van der Waals surface area contributed by atoms with Gasteiger partial charge >= 0.3 is 5.97 Å². The van der Waals surface area contributed by atoms with Crippen LogP contribution < -0.4 is 0 Å². The van der Waals surface area contributed by atoms with E-state index in [1.54, 1.807) is 42.5 Å². The molecule has 138 valence electrons. The number of aromatic nitrogens is 1. The molecule has 0 fully saturated rings. The number of hydrogen-bond donors (Lipinski definition) is 1. The molecule has 0 unspecified atom stereocenters. The number of benzene rings is 2. The van der Waals surface area contributed by atoms with Crippen LogP contribution in [0.4, 0.5) is 0 Å². The predicted octanol–water partition coefficient (Wildman–Crippen LogP) is 3.47. The first kappa shape index (κ1) is 18.7. The van der Waals surface area contributed by atoms with Gasteiger partial charge in [-0.15, -0.1) is 0 Å². The van der Waals surface area contributed by atoms with E-state index in [0.717, 1.165) is 15.1 Å². The summed E-state index contributed by atoms with van der Waals surface area (Å²) in [5.74, 6) is -0.876. The van der Waals surface area contributed by atoms with E-state index in [9.17, 15) is 18.5 Å². The lowest BCUT2D eigenvalue weighted by atomic mass is 10.0. The van der Waals surface area contributed by atoms with Gasteiger partial charge in [0.15, 0.2) is 0 Å². The topological polar surface area (TPSA) is 100 Å². The molecule has 0 aliphatic carbocycles. The summed E-state index contributed by atoms with van der Waals surface area (Å²) >= 11 is 0. The second-order valence-corrected chi connectivity index (χ2v) is 8.14. The summed E-state index contributed by atoms with van der Waals surface area (Å²) < 4.78 is 27.3. The monoisotopic (exact) mass is 382 g/mol. The fourth-order valence-electron chi connectivity index (χ4n) is 3.05. The number of nitrogens with zero attached hydrogens (tertiary/aromatic N) is 2. The average molecular weight is 382 g/mol. The fourth-order valence-corrected chi connectivity index (χ4v) is 4.42. The SMILES string of the molecule is Cc1ccc(S(=O)(=O)n2ccc3c(CCCC(=O)O)ccc(C#N)c32)cc1. The van der Waals surface area contributed by atoms with Crippen LogP contribution in [0.3, 0.4) is 0 Å². The van der Waals surface area contributed by atoms with Crippen molar-refractivity contribution in [3.05, 3.63) is 65.4 Å². The molecular weight excluding hydrogens is 364 g/mol. The molecule has 0 aliphatic rings. The van der Waals surface area contributed by atoms with Gasteiger partial charge in [-0.3, -0.25) is 4.79 Å². The molecule has 0 bridgehead atoms. The molecule has 27 heavy (non-hydrogen) atoms. The first-order chi connectivity index (χ1) is 12.8. The van der Waals surface area contributed by atoms with Crippen LogP contribution in [0.25, 0.3) is 10.9 Å². The van der Waals surface area contributed by atoms with E-state index in [1.165, 1.54) is 6.20 Å². The minimum absolute atomic E-state index is 0.0316. The molecule has 1 aromatic heterocycles. The molecule has 3 aromatic rings. The summed E-state index contributed by atoms with van der Waals surface area (Å²) in [6.45, 7) is 1.87. The Labute approximate surface area is 157 Å². The highest BCUT2D eigenvalue weighted by Gasteiger charge is 2.21. The Hall–Kier alpha value is -3.11. The standard InChI is InChI=1S/C20H18N2O4S/c1-14-5-9-17(10-6-14)27(25,26)22-12-11-18-15(3-2-4-19(23)24)7-8-16(13-21)20(18)22/h5-12H,2-4H2,1H3,(H,23,24). The number of aryl methyl sites for hydroxylation is 2. The van der Waals surface area contributed by atoms with Crippen LogP contribution in [0, 0.1) is 18.3 Å². The van der Waals surface area contributed by atoms with Crippen LogP contribution in [0.15, 0.2) is 53.6 Å². The molecule has 2 aromatic carbocycles. The van der Waals surface area contributed by atoms with Crippen molar-refractivity contribution in [1.82, 2.24) is 3.97 Å². The van der Waals surface area contributed by atoms with Gasteiger partial charge in [-0.25, -0.2) is 12.4 Å². The molecule has 0 amide bonds. The molecule has 0 saturated heterocycles. The van der Waals surface area contributed by atoms with Gasteiger partial charge in [0.2, 0.25) is 0 Å². The Bertz CT molecular complexity index is 1150. The molecule has 6 nitrogen and oxygen atoms in total. The first-order valence-corrected chi connectivity index (χ1v) is 9.85. The molecule has 1 heterocycles. The molecule has 0 spiro atoms. The highest BCUT2D eigenvalue weighted by molar-refractivity contribution is 7.90. The zero-order chi connectivity index (χ0) is 19.6. The smallest absolute Gasteiger partial charge is 0.303 e. The second-order valence-electron chi connectivity index (χ2n) is 6.32. The fraction of sp³-hybridized carbons (Fsp3) is 0.200. The summed E-state index contributed by atoms with van der Waals surface area (Å²) in [4.78, 5) is 10.9. The average Bonchev–Trinajstić information content (AvgIpc) is 3.08. The van der Waals surface area contributed by atoms with Crippen LogP contribution in [0.2, 0.25) is 0 Å². The Morgan fingerprint density at radius 3 is 2.48 bits per heavy atom. The number of fused-ring (bicyclic) bond motifs is 1. The van der Waals surface area contributed by atoms with Gasteiger partial charge in [0, 0.05) is 18.0 Å². The predicted molar refractivity (Wildman–Crippen MR) is 101 cm³/mol. The molecule has 0 saturated carbocycles. The van der Waals surface area contributed by atoms with Crippen LogP contribution in [0.5, 0.6) is 0 Å². The highest BCUT2D eigenvalue weighted by atomic mass is 32.2. The zero-order valence-corrected chi connectivity index (χ0v) is 15.5. The van der Waals surface area contributed by atoms with E-state index in [4.69, 9.17) is 5.11 Å². The van der Waals surface area contributed by atoms with Crippen molar-refractivity contribution in [2.45, 2.75) is 31.1 Å². The number of carboxylic acid groups (broad SMARTS) is 1. The number of aliphatic carboxylic acids is 1. The number of rotatable bonds is 6. The van der Waals surface area contributed by atoms with E-state index in [2.05, 4.69) is 6.07 Å². The normalized spacial score (nSPS) is 11.4. The molecular formula is C20H18N2O4S. The van der Waals surface area contributed by atoms with Gasteiger partial charge in [0.1, 0.15) is 6.07 Å². The molecule has 1 N–H and O–H groups in total. The van der Waals surface area contributed by atoms with E-state index < -0.39 is 16.0 Å². The maximum atomic E-state index is 13.1. The number of nitriles is 1. The Morgan fingerprint density at radius 1 is 1.15 bits per heavy atom. The van der Waals surface area contributed by atoms with Crippen molar-refractivity contribution in [2.75, 3.05) is 0 Å². The number of carboxylic acids is 1. The van der Waals surface area contributed by atoms with Crippen molar-refractivity contribution in [1.29, 1.82) is 5.26 Å². The van der Waals surface area contributed by atoms with Crippen molar-refractivity contribution in [3.63, 3.8) is 0 Å². The summed E-state index contributed by atoms with van der Waals surface area (Å²) in [6.07, 6.45) is 2.40. The minimum Gasteiger partial charge on any atom is -0.481 e. The van der Waals surface area contributed by atoms with Crippen molar-refractivity contribution >= 4 is 26.9 Å². The van der Waals surface area contributed by atoms with Crippen LogP contribution >= 0.6 is 0 Å². The largest absolute Gasteiger partial charge is 0.481 e. The van der Waals surface area contributed by atoms with Crippen molar-refractivity contribution in [3.8, 4) is 6.07 Å². The lowest BCUT2D eigenvalue weighted by molar-refractivity contribution is -0.137. The molecule has 0 aliphatic heterocycles. The van der Waals surface area contributed by atoms with Crippen LogP contribution in [-0.4, -0.2) is 23.5 Å². The zero-order valence-electron chi connectivity index (χ0n) is 14.7. The van der Waals surface area contributed by atoms with E-state index in [-0.39, 0.29) is 16.9 Å². The third-order valence-electron chi connectivity index (χ3n) is 4.44. The van der Waals surface area contributed by atoms with Crippen molar-refractivity contribution in [2.24, 2.45) is 0 Å². The Balaban J connectivity index is 2.13. The summed E-state index contributed by atoms with van der Waals surface area (Å²) in [7, 11) is -3.85. The molecule has 3 rings (SSSR count). The summed E-state index contributed by atoms with van der Waals surface area (Å²) in [5, 5.41) is 18.9. The van der Waals surface area contributed by atoms with Gasteiger partial charge in [0.25, 0.3) is 10.0 Å². The molecule has 7 heteroatoms. The summed E-state index contributed by atoms with van der Waals surface area (Å²) in [5.41, 5.74) is 2.35. The maximum absolute atomic E-state index is 13.1. The molecule has 0 atom stereocenters. The summed E-state index contributed by atoms with van der Waals surface area (Å²) in [6, 6.07) is 13.6. The van der Waals surface area contributed by atoms with E-state index in [0.29, 0.717) is 23.7 Å². The van der Waals surface area contributed by atoms with Gasteiger partial charge < -0.3 is 5.11 Å². The van der Waals surface area contributed by atoms with E-state index >= 15 is 0 Å². The van der Waals surface area contributed by atoms with Gasteiger partial charge in [0.05, 0.1) is 16.0 Å². The highest BCUT2D eigenvalue weighted by Crippen LogP contribution is 2.28.